The van der Waals surface area contributed by atoms with Crippen LogP contribution in [0.4, 0.5) is 17.1 Å². The van der Waals surface area contributed by atoms with E-state index in [1.165, 1.54) is 22.7 Å². The molecule has 1 fully saturated rings. The van der Waals surface area contributed by atoms with Gasteiger partial charge < -0.3 is 10.1 Å². The van der Waals surface area contributed by atoms with E-state index >= 15 is 0 Å². The maximum Gasteiger partial charge on any atom is 0.253 e. The number of anilines is 2. The van der Waals surface area contributed by atoms with Crippen molar-refractivity contribution in [1.82, 2.24) is 5.43 Å². The summed E-state index contributed by atoms with van der Waals surface area (Å²) in [4.78, 5) is 30.4. The highest BCUT2D eigenvalue weighted by molar-refractivity contribution is 6.42. The Kier molecular flexibility index (Phi) is 11.3. The van der Waals surface area contributed by atoms with Gasteiger partial charge in [-0.25, -0.2) is 10.0 Å². The third-order valence-corrected chi connectivity index (χ3v) is 9.67. The van der Waals surface area contributed by atoms with Crippen LogP contribution >= 0.6 is 46.4 Å². The second-order valence-electron chi connectivity index (χ2n) is 12.8. The molecule has 0 radical (unpaired) electrons. The van der Waals surface area contributed by atoms with Gasteiger partial charge in [-0.1, -0.05) is 100 Å². The topological polar surface area (TPSA) is 83.0 Å². The van der Waals surface area contributed by atoms with Gasteiger partial charge in [0, 0.05) is 16.3 Å². The van der Waals surface area contributed by atoms with E-state index in [-0.39, 0.29) is 57.3 Å². The first-order valence-electron chi connectivity index (χ1n) is 15.3. The maximum atomic E-state index is 13.1. The summed E-state index contributed by atoms with van der Waals surface area (Å²) in [5.41, 5.74) is 6.45. The van der Waals surface area contributed by atoms with Crippen LogP contribution < -0.4 is 20.5 Å². The predicted molar refractivity (Wildman–Crippen MR) is 192 cm³/mol. The van der Waals surface area contributed by atoms with E-state index in [4.69, 9.17) is 51.1 Å². The highest BCUT2D eigenvalue weighted by atomic mass is 35.5. The number of benzene rings is 3. The van der Waals surface area contributed by atoms with Crippen LogP contribution in [0.3, 0.4) is 0 Å². The van der Waals surface area contributed by atoms with Gasteiger partial charge in [-0.2, -0.15) is 0 Å². The van der Waals surface area contributed by atoms with Gasteiger partial charge in [0.1, 0.15) is 23.4 Å². The summed E-state index contributed by atoms with van der Waals surface area (Å²) in [5.74, 6) is 0.592. The summed E-state index contributed by atoms with van der Waals surface area (Å²) in [7, 11) is 0. The molecular weight excluding hydrogens is 666 g/mol. The van der Waals surface area contributed by atoms with Crippen LogP contribution in [0.2, 0.25) is 20.1 Å². The van der Waals surface area contributed by atoms with E-state index < -0.39 is 0 Å². The number of hydrogen-bond donors (Lipinski definition) is 2. The molecule has 0 saturated carbocycles. The number of carbonyl (C=O) groups is 2. The van der Waals surface area contributed by atoms with Crippen molar-refractivity contribution in [3.05, 3.63) is 79.7 Å². The molecule has 7 nitrogen and oxygen atoms in total. The second kappa shape index (κ2) is 14.4. The summed E-state index contributed by atoms with van der Waals surface area (Å²) in [5, 5.41) is 5.26. The van der Waals surface area contributed by atoms with Crippen LogP contribution in [0.15, 0.2) is 53.5 Å². The normalized spacial score (nSPS) is 15.2. The second-order valence-corrected chi connectivity index (χ2v) is 14.5. The summed E-state index contributed by atoms with van der Waals surface area (Å²) in [6, 6.07) is 14.4. The molecule has 1 aliphatic heterocycles. The quantitative estimate of drug-likeness (QED) is 0.208. The summed E-state index contributed by atoms with van der Waals surface area (Å²) < 4.78 is 6.38. The molecule has 3 aromatic rings. The lowest BCUT2D eigenvalue weighted by atomic mass is 9.76. The van der Waals surface area contributed by atoms with E-state index in [0.29, 0.717) is 27.3 Å². The highest BCUT2D eigenvalue weighted by Gasteiger charge is 2.31. The van der Waals surface area contributed by atoms with Crippen molar-refractivity contribution in [3.8, 4) is 5.75 Å². The van der Waals surface area contributed by atoms with Crippen LogP contribution in [0.5, 0.6) is 5.75 Å². The van der Waals surface area contributed by atoms with Gasteiger partial charge in [-0.15, -0.1) is 0 Å². The third kappa shape index (κ3) is 8.29. The minimum atomic E-state index is -0.380. The number of halogens is 4. The van der Waals surface area contributed by atoms with Crippen molar-refractivity contribution in [2.24, 2.45) is 4.99 Å². The molecule has 2 amide bonds. The smallest absolute Gasteiger partial charge is 0.253 e. The average Bonchev–Trinajstić information content (AvgIpc) is 3.33. The molecule has 246 valence electrons. The molecule has 0 spiro atoms. The van der Waals surface area contributed by atoms with E-state index in [2.05, 4.69) is 69.4 Å². The minimum absolute atomic E-state index is 0.0369. The summed E-state index contributed by atoms with van der Waals surface area (Å²) in [6.07, 6.45) is 1.69. The number of amides is 2. The first-order valence-corrected chi connectivity index (χ1v) is 16.8. The molecule has 1 aliphatic rings. The Hall–Kier alpha value is -2.97. The number of aliphatic imine (C=N–C) groups is 1. The number of ether oxygens (including phenoxy) is 1. The van der Waals surface area contributed by atoms with Gasteiger partial charge in [-0.3, -0.25) is 15.0 Å². The molecule has 2 N–H and O–H groups in total. The third-order valence-electron chi connectivity index (χ3n) is 8.56. The Morgan fingerprint density at radius 1 is 0.957 bits per heavy atom. The number of rotatable bonds is 11. The number of amidine groups is 1. The Balaban J connectivity index is 1.46. The summed E-state index contributed by atoms with van der Waals surface area (Å²) >= 11 is 25.1. The number of hydrazine groups is 1. The molecule has 1 unspecified atom stereocenters. The lowest BCUT2D eigenvalue weighted by molar-refractivity contribution is -0.118. The monoisotopic (exact) mass is 704 g/mol. The first kappa shape index (κ1) is 35.9. The van der Waals surface area contributed by atoms with Crippen molar-refractivity contribution >= 4 is 81.1 Å². The molecule has 1 atom stereocenters. The zero-order chi connectivity index (χ0) is 34.0. The number of nitrogens with zero attached hydrogens (tertiary/aromatic N) is 2. The average molecular weight is 707 g/mol. The number of hydrogen-bond acceptors (Lipinski definition) is 4. The van der Waals surface area contributed by atoms with Gasteiger partial charge in [0.15, 0.2) is 0 Å². The lowest BCUT2D eigenvalue weighted by Gasteiger charge is -2.31. The molecule has 0 aliphatic carbocycles. The molecule has 0 aromatic heterocycles. The fraction of sp³-hybridized carbons (Fsp3) is 0.400. The molecule has 11 heteroatoms. The van der Waals surface area contributed by atoms with Gasteiger partial charge in [0.05, 0.1) is 33.6 Å². The fourth-order valence-electron chi connectivity index (χ4n) is 4.98. The molecule has 0 bridgehead atoms. The van der Waals surface area contributed by atoms with Crippen molar-refractivity contribution in [3.63, 3.8) is 0 Å². The molecule has 1 heterocycles. The first-order chi connectivity index (χ1) is 21.5. The van der Waals surface area contributed by atoms with E-state index in [0.717, 1.165) is 24.2 Å². The molecule has 4 rings (SSSR count). The zero-order valence-corrected chi connectivity index (χ0v) is 30.2. The minimum Gasteiger partial charge on any atom is -0.490 e. The van der Waals surface area contributed by atoms with Crippen LogP contribution in [0.1, 0.15) is 85.3 Å². The Morgan fingerprint density at radius 3 is 2.24 bits per heavy atom. The molecule has 1 saturated heterocycles. The van der Waals surface area contributed by atoms with Gasteiger partial charge in [-0.05, 0) is 72.6 Å². The maximum absolute atomic E-state index is 13.1. The van der Waals surface area contributed by atoms with Crippen molar-refractivity contribution in [2.45, 2.75) is 91.1 Å². The Labute approximate surface area is 291 Å². The van der Waals surface area contributed by atoms with Gasteiger partial charge in [0.2, 0.25) is 5.91 Å². The SMILES string of the molecule is CCC(C)(C)c1ccc(OC(C)CC(=O)Nc2ccc(Cl)c(N=C3CC(=O)N(c4c(Cl)cc(Cl)cc4Cl)N3)c2)c(C(C)(C)CC)c1. The molecule has 46 heavy (non-hydrogen) atoms. The van der Waals surface area contributed by atoms with Crippen LogP contribution in [0.25, 0.3) is 0 Å². The molecular formula is C35H40Cl4N4O3. The van der Waals surface area contributed by atoms with Crippen molar-refractivity contribution in [2.75, 3.05) is 10.3 Å². The van der Waals surface area contributed by atoms with Crippen LogP contribution in [-0.4, -0.2) is 23.8 Å². The largest absolute Gasteiger partial charge is 0.490 e. The van der Waals surface area contributed by atoms with E-state index in [9.17, 15) is 9.59 Å². The summed E-state index contributed by atoms with van der Waals surface area (Å²) in [6.45, 7) is 15.2. The number of carbonyl (C=O) groups excluding carboxylic acids is 2. The van der Waals surface area contributed by atoms with Crippen molar-refractivity contribution in [1.29, 1.82) is 0 Å². The van der Waals surface area contributed by atoms with Gasteiger partial charge >= 0.3 is 0 Å². The van der Waals surface area contributed by atoms with Gasteiger partial charge in [0.25, 0.3) is 5.91 Å². The van der Waals surface area contributed by atoms with E-state index in [1.54, 1.807) is 18.2 Å². The fourth-order valence-corrected chi connectivity index (χ4v) is 6.12. The molecule has 3 aromatic carbocycles. The Bertz CT molecular complexity index is 1650. The lowest BCUT2D eigenvalue weighted by Crippen LogP contribution is -2.36. The standard InChI is InChI=1S/C35H40Cl4N4O3/c1-8-34(4,5)21-10-13-29(24(15-21)35(6,7)9-2)46-20(3)14-31(44)40-23-11-12-25(37)28(18-23)41-30-19-32(45)43(42-30)33-26(38)16-22(36)17-27(33)39/h10-13,15-18,20H,8-9,14,19H2,1-7H3,(H,40,44)(H,41,42). The van der Waals surface area contributed by atoms with Crippen LogP contribution in [-0.2, 0) is 20.4 Å². The number of nitrogens with one attached hydrogen (secondary N) is 2. The van der Waals surface area contributed by atoms with E-state index in [1.807, 2.05) is 13.0 Å². The zero-order valence-electron chi connectivity index (χ0n) is 27.2. The predicted octanol–water partition coefficient (Wildman–Crippen LogP) is 10.4. The van der Waals surface area contributed by atoms with Crippen molar-refractivity contribution < 1.29 is 14.3 Å². The Morgan fingerprint density at radius 2 is 1.61 bits per heavy atom. The van der Waals surface area contributed by atoms with Crippen LogP contribution in [0, 0.1) is 0 Å². The highest BCUT2D eigenvalue weighted by Crippen LogP contribution is 2.40.